The number of piperidine rings is 1. The minimum atomic E-state index is -1.16. The Balaban J connectivity index is 2.05. The number of carbonyl (C=O) groups excluding carboxylic acids is 1. The molecule has 0 unspecified atom stereocenters. The van der Waals surface area contributed by atoms with Gasteiger partial charge in [0, 0.05) is 18.8 Å². The molecule has 1 aromatic rings. The van der Waals surface area contributed by atoms with Crippen LogP contribution in [0.4, 0.5) is 10.1 Å². The quantitative estimate of drug-likeness (QED) is 0.863. The fraction of sp³-hybridized carbons (Fsp3) is 0.467. The number of anilines is 1. The molecule has 0 radical (unpaired) electrons. The second-order valence-corrected chi connectivity index (χ2v) is 5.02. The second-order valence-electron chi connectivity index (χ2n) is 5.02. The molecule has 114 valence electrons. The van der Waals surface area contributed by atoms with Crippen molar-refractivity contribution in [2.45, 2.75) is 19.8 Å². The molecule has 1 saturated heterocycles. The van der Waals surface area contributed by atoms with E-state index in [1.54, 1.807) is 6.92 Å². The number of ether oxygens (including phenoxy) is 1. The minimum Gasteiger partial charge on any atom is -0.478 e. The highest BCUT2D eigenvalue weighted by atomic mass is 19.1. The Morgan fingerprint density at radius 3 is 2.57 bits per heavy atom. The summed E-state index contributed by atoms with van der Waals surface area (Å²) in [4.78, 5) is 24.5. The Kier molecular flexibility index (Phi) is 4.77. The van der Waals surface area contributed by atoms with E-state index >= 15 is 0 Å². The van der Waals surface area contributed by atoms with Gasteiger partial charge in [0.2, 0.25) is 0 Å². The van der Waals surface area contributed by atoms with Crippen LogP contribution in [-0.4, -0.2) is 36.7 Å². The van der Waals surface area contributed by atoms with Crippen LogP contribution < -0.4 is 4.90 Å². The van der Waals surface area contributed by atoms with Crippen molar-refractivity contribution < 1.29 is 23.8 Å². The zero-order valence-corrected chi connectivity index (χ0v) is 11.8. The number of hydrogen-bond donors (Lipinski definition) is 1. The lowest BCUT2D eigenvalue weighted by Crippen LogP contribution is -2.37. The van der Waals surface area contributed by atoms with Gasteiger partial charge in [-0.1, -0.05) is 0 Å². The molecule has 0 bridgehead atoms. The third-order valence-corrected chi connectivity index (χ3v) is 3.61. The number of nitrogens with zero attached hydrogens (tertiary/aromatic N) is 1. The van der Waals surface area contributed by atoms with Crippen LogP contribution in [0.5, 0.6) is 0 Å². The van der Waals surface area contributed by atoms with Crippen LogP contribution in [0, 0.1) is 11.7 Å². The van der Waals surface area contributed by atoms with Gasteiger partial charge in [-0.15, -0.1) is 0 Å². The van der Waals surface area contributed by atoms with E-state index in [1.807, 2.05) is 4.90 Å². The van der Waals surface area contributed by atoms with Crippen LogP contribution >= 0.6 is 0 Å². The topological polar surface area (TPSA) is 66.8 Å². The lowest BCUT2D eigenvalue weighted by molar-refractivity contribution is -0.148. The Labute approximate surface area is 122 Å². The molecule has 5 nitrogen and oxygen atoms in total. The van der Waals surface area contributed by atoms with Crippen LogP contribution in [0.1, 0.15) is 30.1 Å². The first kappa shape index (κ1) is 15.3. The summed E-state index contributed by atoms with van der Waals surface area (Å²) < 4.78 is 18.5. The molecular weight excluding hydrogens is 277 g/mol. The van der Waals surface area contributed by atoms with E-state index in [-0.39, 0.29) is 17.5 Å². The van der Waals surface area contributed by atoms with Crippen molar-refractivity contribution in [3.63, 3.8) is 0 Å². The lowest BCUT2D eigenvalue weighted by Gasteiger charge is -2.32. The van der Waals surface area contributed by atoms with Crippen molar-refractivity contribution in [1.82, 2.24) is 0 Å². The minimum absolute atomic E-state index is 0.0717. The largest absolute Gasteiger partial charge is 0.478 e. The number of benzene rings is 1. The van der Waals surface area contributed by atoms with Crippen LogP contribution in [0.3, 0.4) is 0 Å². The third kappa shape index (κ3) is 3.71. The predicted octanol–water partition coefficient (Wildman–Crippen LogP) is 2.30. The maximum Gasteiger partial charge on any atom is 0.335 e. The number of halogens is 1. The Hall–Kier alpha value is -2.11. The average molecular weight is 295 g/mol. The van der Waals surface area contributed by atoms with Crippen molar-refractivity contribution in [2.24, 2.45) is 5.92 Å². The number of carboxylic acid groups (broad SMARTS) is 1. The van der Waals surface area contributed by atoms with Crippen LogP contribution in [-0.2, 0) is 9.53 Å². The smallest absolute Gasteiger partial charge is 0.335 e. The normalized spacial score (nSPS) is 15.8. The summed E-state index contributed by atoms with van der Waals surface area (Å²) in [5.74, 6) is -2.05. The highest BCUT2D eigenvalue weighted by Crippen LogP contribution is 2.25. The van der Waals surface area contributed by atoms with Crippen molar-refractivity contribution >= 4 is 17.6 Å². The van der Waals surface area contributed by atoms with Crippen LogP contribution in [0.25, 0.3) is 0 Å². The molecule has 0 atom stereocenters. The predicted molar refractivity (Wildman–Crippen MR) is 74.9 cm³/mol. The fourth-order valence-corrected chi connectivity index (χ4v) is 2.51. The molecule has 1 aliphatic rings. The Bertz CT molecular complexity index is 538. The maximum atomic E-state index is 13.5. The number of hydrogen-bond acceptors (Lipinski definition) is 4. The molecule has 1 N–H and O–H groups in total. The summed E-state index contributed by atoms with van der Waals surface area (Å²) in [5.41, 5.74) is 0.465. The van der Waals surface area contributed by atoms with Crippen molar-refractivity contribution in [2.75, 3.05) is 24.6 Å². The van der Waals surface area contributed by atoms with E-state index in [2.05, 4.69) is 0 Å². The van der Waals surface area contributed by atoms with E-state index in [4.69, 9.17) is 9.84 Å². The molecule has 6 heteroatoms. The maximum absolute atomic E-state index is 13.5. The summed E-state index contributed by atoms with van der Waals surface area (Å²) in [6, 6.07) is 3.77. The molecular formula is C15H18FNO4. The molecule has 0 saturated carbocycles. The monoisotopic (exact) mass is 295 g/mol. The molecule has 0 amide bonds. The fourth-order valence-electron chi connectivity index (χ4n) is 2.51. The number of rotatable bonds is 4. The van der Waals surface area contributed by atoms with Gasteiger partial charge in [0.05, 0.1) is 18.1 Å². The van der Waals surface area contributed by atoms with Crippen molar-refractivity contribution in [3.05, 3.63) is 29.6 Å². The average Bonchev–Trinajstić information content (AvgIpc) is 2.47. The van der Waals surface area contributed by atoms with Crippen molar-refractivity contribution in [3.8, 4) is 0 Å². The SMILES string of the molecule is CCOC(=O)C1CCN(c2cc(F)cc(C(=O)O)c2)CC1. The van der Waals surface area contributed by atoms with Gasteiger partial charge in [-0.2, -0.15) is 0 Å². The molecule has 1 fully saturated rings. The van der Waals surface area contributed by atoms with Gasteiger partial charge >= 0.3 is 11.9 Å². The standard InChI is InChI=1S/C15H18FNO4/c1-2-21-15(20)10-3-5-17(6-4-10)13-8-11(14(18)19)7-12(16)9-13/h7-10H,2-6H2,1H3,(H,18,19). The van der Waals surface area contributed by atoms with Gasteiger partial charge in [0.1, 0.15) is 5.82 Å². The first-order chi connectivity index (χ1) is 10.0. The molecule has 1 aliphatic heterocycles. The Morgan fingerprint density at radius 1 is 1.33 bits per heavy atom. The molecule has 1 aromatic carbocycles. The molecule has 21 heavy (non-hydrogen) atoms. The highest BCUT2D eigenvalue weighted by molar-refractivity contribution is 5.89. The van der Waals surface area contributed by atoms with Crippen LogP contribution in [0.2, 0.25) is 0 Å². The molecule has 0 aromatic heterocycles. The summed E-state index contributed by atoms with van der Waals surface area (Å²) in [6.07, 6.45) is 1.25. The van der Waals surface area contributed by atoms with E-state index in [0.717, 1.165) is 6.07 Å². The Morgan fingerprint density at radius 2 is 2.00 bits per heavy atom. The van der Waals surface area contributed by atoms with Gasteiger partial charge in [0.15, 0.2) is 0 Å². The van der Waals surface area contributed by atoms with E-state index in [1.165, 1.54) is 12.1 Å². The van der Waals surface area contributed by atoms with Gasteiger partial charge in [-0.25, -0.2) is 9.18 Å². The first-order valence-corrected chi connectivity index (χ1v) is 6.96. The van der Waals surface area contributed by atoms with Gasteiger partial charge in [0.25, 0.3) is 0 Å². The number of carboxylic acids is 1. The zero-order chi connectivity index (χ0) is 15.4. The summed E-state index contributed by atoms with van der Waals surface area (Å²) in [7, 11) is 0. The molecule has 0 aliphatic carbocycles. The van der Waals surface area contributed by atoms with Gasteiger partial charge < -0.3 is 14.7 Å². The van der Waals surface area contributed by atoms with E-state index < -0.39 is 11.8 Å². The lowest BCUT2D eigenvalue weighted by atomic mass is 9.96. The summed E-state index contributed by atoms with van der Waals surface area (Å²) >= 11 is 0. The van der Waals surface area contributed by atoms with E-state index in [9.17, 15) is 14.0 Å². The molecule has 1 heterocycles. The molecule has 0 spiro atoms. The van der Waals surface area contributed by atoms with Crippen molar-refractivity contribution in [1.29, 1.82) is 0 Å². The summed E-state index contributed by atoms with van der Waals surface area (Å²) in [5, 5.41) is 8.96. The third-order valence-electron chi connectivity index (χ3n) is 3.61. The van der Waals surface area contributed by atoms with Gasteiger partial charge in [-0.05, 0) is 38.0 Å². The molecule has 2 rings (SSSR count). The number of esters is 1. The first-order valence-electron chi connectivity index (χ1n) is 6.96. The summed E-state index contributed by atoms with van der Waals surface area (Å²) in [6.45, 7) is 3.29. The van der Waals surface area contributed by atoms with Gasteiger partial charge in [-0.3, -0.25) is 4.79 Å². The number of aromatic carboxylic acids is 1. The number of carbonyl (C=O) groups is 2. The highest BCUT2D eigenvalue weighted by Gasteiger charge is 2.26. The second kappa shape index (κ2) is 6.56. The van der Waals surface area contributed by atoms with E-state index in [0.29, 0.717) is 38.2 Å². The van der Waals surface area contributed by atoms with Crippen LogP contribution in [0.15, 0.2) is 18.2 Å². The zero-order valence-electron chi connectivity index (χ0n) is 11.8.